The van der Waals surface area contributed by atoms with Crippen molar-refractivity contribution in [3.8, 4) is 0 Å². The largest absolute Gasteiger partial charge is 0.368 e. The van der Waals surface area contributed by atoms with E-state index in [1.165, 1.54) is 4.90 Å². The highest BCUT2D eigenvalue weighted by molar-refractivity contribution is 5.95. The van der Waals surface area contributed by atoms with Crippen molar-refractivity contribution < 1.29 is 23.6 Å². The predicted molar refractivity (Wildman–Crippen MR) is 84.5 cm³/mol. The molecule has 0 radical (unpaired) electrons. The molecule has 3 rings (SSSR count). The fourth-order valence-electron chi connectivity index (χ4n) is 3.07. The summed E-state index contributed by atoms with van der Waals surface area (Å²) in [5.74, 6) is -1.51. The molecule has 0 bridgehead atoms. The van der Waals surface area contributed by atoms with Crippen LogP contribution in [0, 0.1) is 15.9 Å². The first kappa shape index (κ1) is 17.3. The molecule has 134 valence electrons. The van der Waals surface area contributed by atoms with Crippen molar-refractivity contribution in [2.45, 2.75) is 18.9 Å². The average Bonchev–Trinajstić information content (AvgIpc) is 3.15. The van der Waals surface area contributed by atoms with E-state index in [9.17, 15) is 24.1 Å². The Morgan fingerprint density at radius 2 is 1.88 bits per heavy atom. The van der Waals surface area contributed by atoms with Crippen LogP contribution >= 0.6 is 0 Å². The number of nitrogens with zero attached hydrogens (tertiary/aromatic N) is 3. The van der Waals surface area contributed by atoms with E-state index in [2.05, 4.69) is 0 Å². The van der Waals surface area contributed by atoms with Gasteiger partial charge in [-0.05, 0) is 18.9 Å². The third kappa shape index (κ3) is 3.60. The van der Waals surface area contributed by atoms with Gasteiger partial charge in [0, 0.05) is 38.9 Å². The number of hydrogen-bond acceptors (Lipinski definition) is 5. The van der Waals surface area contributed by atoms with Gasteiger partial charge in [0.05, 0.1) is 16.6 Å². The predicted octanol–water partition coefficient (Wildman–Crippen LogP) is 1.20. The van der Waals surface area contributed by atoms with Gasteiger partial charge in [-0.1, -0.05) is 0 Å². The molecule has 1 aromatic carbocycles. The second-order valence-corrected chi connectivity index (χ2v) is 6.04. The molecule has 0 aliphatic carbocycles. The molecule has 1 atom stereocenters. The van der Waals surface area contributed by atoms with Gasteiger partial charge in [-0.25, -0.2) is 4.39 Å². The molecule has 25 heavy (non-hydrogen) atoms. The lowest BCUT2D eigenvalue weighted by Gasteiger charge is -2.35. The van der Waals surface area contributed by atoms with Crippen LogP contribution in [0.1, 0.15) is 23.2 Å². The summed E-state index contributed by atoms with van der Waals surface area (Å²) >= 11 is 0. The highest BCUT2D eigenvalue weighted by Gasteiger charge is 2.32. The van der Waals surface area contributed by atoms with Crippen molar-refractivity contribution in [2.75, 3.05) is 32.8 Å². The molecule has 2 saturated heterocycles. The van der Waals surface area contributed by atoms with E-state index in [1.807, 2.05) is 0 Å². The molecule has 0 saturated carbocycles. The van der Waals surface area contributed by atoms with Crippen molar-refractivity contribution >= 4 is 17.5 Å². The first-order chi connectivity index (χ1) is 12.0. The number of carbonyl (C=O) groups is 2. The highest BCUT2D eigenvalue weighted by atomic mass is 19.1. The maximum absolute atomic E-state index is 14.0. The van der Waals surface area contributed by atoms with E-state index in [0.29, 0.717) is 26.1 Å². The van der Waals surface area contributed by atoms with Gasteiger partial charge in [0.15, 0.2) is 0 Å². The Kier molecular flexibility index (Phi) is 4.93. The first-order valence-corrected chi connectivity index (χ1v) is 8.11. The Hall–Kier alpha value is -2.55. The molecule has 1 aromatic rings. The quantitative estimate of drug-likeness (QED) is 0.602. The Bertz CT molecular complexity index is 697. The van der Waals surface area contributed by atoms with Crippen molar-refractivity contribution in [3.63, 3.8) is 0 Å². The summed E-state index contributed by atoms with van der Waals surface area (Å²) in [4.78, 5) is 37.7. The Morgan fingerprint density at radius 3 is 2.44 bits per heavy atom. The molecule has 2 aliphatic heterocycles. The number of nitro groups is 1. The number of ether oxygens (including phenoxy) is 1. The van der Waals surface area contributed by atoms with E-state index < -0.39 is 28.4 Å². The van der Waals surface area contributed by atoms with Gasteiger partial charge in [0.2, 0.25) is 0 Å². The number of amides is 2. The topological polar surface area (TPSA) is 93.0 Å². The first-order valence-electron chi connectivity index (χ1n) is 8.11. The second kappa shape index (κ2) is 7.14. The van der Waals surface area contributed by atoms with Crippen molar-refractivity contribution in [1.29, 1.82) is 0 Å². The van der Waals surface area contributed by atoms with Crippen molar-refractivity contribution in [1.82, 2.24) is 9.80 Å². The van der Waals surface area contributed by atoms with E-state index in [0.717, 1.165) is 24.6 Å². The zero-order chi connectivity index (χ0) is 18.0. The Balaban J connectivity index is 1.61. The minimum Gasteiger partial charge on any atom is -0.368 e. The van der Waals surface area contributed by atoms with E-state index in [1.54, 1.807) is 4.90 Å². The van der Waals surface area contributed by atoms with Crippen LogP contribution in [0.4, 0.5) is 10.1 Å². The van der Waals surface area contributed by atoms with Crippen LogP contribution in [0.2, 0.25) is 0 Å². The van der Waals surface area contributed by atoms with Crippen LogP contribution in [0.3, 0.4) is 0 Å². The standard InChI is InChI=1S/C16H18FN3O5/c17-13-10-11(20(23)24)3-4-12(13)15(21)18-5-7-19(8-6-18)16(22)14-2-1-9-25-14/h3-4,10,14H,1-2,5-9H2. The van der Waals surface area contributed by atoms with Crippen LogP contribution in [0.5, 0.6) is 0 Å². The Morgan fingerprint density at radius 1 is 1.20 bits per heavy atom. The van der Waals surface area contributed by atoms with Crippen LogP contribution in [0.15, 0.2) is 18.2 Å². The molecule has 9 heteroatoms. The van der Waals surface area contributed by atoms with Crippen LogP contribution in [-0.4, -0.2) is 65.4 Å². The molecular weight excluding hydrogens is 333 g/mol. The summed E-state index contributed by atoms with van der Waals surface area (Å²) in [6.45, 7) is 1.88. The van der Waals surface area contributed by atoms with Gasteiger partial charge < -0.3 is 14.5 Å². The van der Waals surface area contributed by atoms with Crippen LogP contribution in [-0.2, 0) is 9.53 Å². The molecule has 2 fully saturated rings. The summed E-state index contributed by atoms with van der Waals surface area (Å²) < 4.78 is 19.4. The van der Waals surface area contributed by atoms with Crippen LogP contribution < -0.4 is 0 Å². The van der Waals surface area contributed by atoms with Crippen molar-refractivity contribution in [2.24, 2.45) is 0 Å². The highest BCUT2D eigenvalue weighted by Crippen LogP contribution is 2.20. The third-order valence-corrected chi connectivity index (χ3v) is 4.48. The smallest absolute Gasteiger partial charge is 0.272 e. The molecule has 8 nitrogen and oxygen atoms in total. The molecule has 0 spiro atoms. The van der Waals surface area contributed by atoms with Crippen LogP contribution in [0.25, 0.3) is 0 Å². The average molecular weight is 351 g/mol. The normalized spacial score (nSPS) is 20.6. The lowest BCUT2D eigenvalue weighted by molar-refractivity contribution is -0.385. The Labute approximate surface area is 143 Å². The van der Waals surface area contributed by atoms with Crippen molar-refractivity contribution in [3.05, 3.63) is 39.7 Å². The summed E-state index contributed by atoms with van der Waals surface area (Å²) in [6.07, 6.45) is 1.19. The number of hydrogen-bond donors (Lipinski definition) is 0. The van der Waals surface area contributed by atoms with E-state index in [-0.39, 0.29) is 24.6 Å². The van der Waals surface area contributed by atoms with Gasteiger partial charge in [0.1, 0.15) is 11.9 Å². The monoisotopic (exact) mass is 351 g/mol. The number of non-ortho nitro benzene ring substituents is 1. The third-order valence-electron chi connectivity index (χ3n) is 4.48. The van der Waals surface area contributed by atoms with E-state index >= 15 is 0 Å². The maximum atomic E-state index is 14.0. The molecule has 2 aliphatic rings. The minimum atomic E-state index is -0.919. The zero-order valence-corrected chi connectivity index (χ0v) is 13.5. The van der Waals surface area contributed by atoms with Gasteiger partial charge in [0.25, 0.3) is 17.5 Å². The summed E-state index contributed by atoms with van der Waals surface area (Å²) in [7, 11) is 0. The zero-order valence-electron chi connectivity index (χ0n) is 13.5. The van der Waals surface area contributed by atoms with Gasteiger partial charge in [-0.3, -0.25) is 19.7 Å². The van der Waals surface area contributed by atoms with Gasteiger partial charge in [-0.15, -0.1) is 0 Å². The van der Waals surface area contributed by atoms with Gasteiger partial charge in [-0.2, -0.15) is 0 Å². The molecular formula is C16H18FN3O5. The van der Waals surface area contributed by atoms with E-state index in [4.69, 9.17) is 4.74 Å². The number of benzene rings is 1. The molecule has 0 N–H and O–H groups in total. The summed E-state index contributed by atoms with van der Waals surface area (Å²) in [5.41, 5.74) is -0.606. The molecule has 2 amide bonds. The number of halogens is 1. The summed E-state index contributed by atoms with van der Waals surface area (Å²) in [5, 5.41) is 10.6. The lowest BCUT2D eigenvalue weighted by Crippen LogP contribution is -2.52. The molecule has 0 aromatic heterocycles. The number of piperazine rings is 1. The minimum absolute atomic E-state index is 0.0638. The lowest BCUT2D eigenvalue weighted by atomic mass is 10.1. The fraction of sp³-hybridized carbons (Fsp3) is 0.500. The van der Waals surface area contributed by atoms with Gasteiger partial charge >= 0.3 is 0 Å². The number of rotatable bonds is 3. The molecule has 1 unspecified atom stereocenters. The SMILES string of the molecule is O=C(c1ccc([N+](=O)[O-])cc1F)N1CCN(C(=O)C2CCCO2)CC1. The second-order valence-electron chi connectivity index (χ2n) is 6.04. The fourth-order valence-corrected chi connectivity index (χ4v) is 3.07. The maximum Gasteiger partial charge on any atom is 0.272 e. The summed E-state index contributed by atoms with van der Waals surface area (Å²) in [6, 6.07) is 2.97. The number of nitro benzene ring substituents is 1. The molecule has 2 heterocycles. The number of carbonyl (C=O) groups excluding carboxylic acids is 2.